The number of hydrogen-bond donors (Lipinski definition) is 0. The van der Waals surface area contributed by atoms with Crippen LogP contribution in [0.4, 0.5) is 4.39 Å². The van der Waals surface area contributed by atoms with E-state index in [1.165, 1.54) is 48.0 Å². The average Bonchev–Trinajstić information content (AvgIpc) is 3.28. The van der Waals surface area contributed by atoms with Crippen LogP contribution in [0.3, 0.4) is 0 Å². The van der Waals surface area contributed by atoms with Crippen LogP contribution < -0.4 is 0 Å². The second-order valence-corrected chi connectivity index (χ2v) is 6.77. The second kappa shape index (κ2) is 7.74. The standard InChI is InChI=1S/C18H16FNO5S/c1-11(21)20-14(10-26-17(20)16-7-4-8-24-16)18(23)25-9-15(22)12-5-2-3-6-13(12)19/h2-8,14,17H,9-10H2,1H3/t14-,17-/m0/s1. The molecule has 0 unspecified atom stereocenters. The van der Waals surface area contributed by atoms with Crippen molar-refractivity contribution in [3.05, 3.63) is 59.8 Å². The molecule has 1 aliphatic rings. The molecule has 26 heavy (non-hydrogen) atoms. The number of carbonyl (C=O) groups excluding carboxylic acids is 3. The van der Waals surface area contributed by atoms with Gasteiger partial charge in [-0.25, -0.2) is 9.18 Å². The van der Waals surface area contributed by atoms with Crippen LogP contribution in [0.2, 0.25) is 0 Å². The van der Waals surface area contributed by atoms with Crippen molar-refractivity contribution in [2.24, 2.45) is 0 Å². The van der Waals surface area contributed by atoms with Gasteiger partial charge >= 0.3 is 5.97 Å². The van der Waals surface area contributed by atoms with Crippen molar-refractivity contribution in [3.63, 3.8) is 0 Å². The smallest absolute Gasteiger partial charge is 0.330 e. The van der Waals surface area contributed by atoms with Gasteiger partial charge in [-0.15, -0.1) is 11.8 Å². The number of ether oxygens (including phenoxy) is 1. The first-order chi connectivity index (χ1) is 12.5. The Bertz CT molecular complexity index is 823. The Morgan fingerprint density at radius 3 is 2.69 bits per heavy atom. The number of thioether (sulfide) groups is 1. The van der Waals surface area contributed by atoms with E-state index in [1.807, 2.05) is 0 Å². The van der Waals surface area contributed by atoms with Crippen LogP contribution in [-0.4, -0.2) is 41.0 Å². The van der Waals surface area contributed by atoms with Gasteiger partial charge in [0, 0.05) is 12.7 Å². The molecule has 6 nitrogen and oxygen atoms in total. The highest BCUT2D eigenvalue weighted by atomic mass is 32.2. The van der Waals surface area contributed by atoms with E-state index in [2.05, 4.69) is 0 Å². The molecule has 0 bridgehead atoms. The van der Waals surface area contributed by atoms with Crippen molar-refractivity contribution < 1.29 is 27.9 Å². The molecular formula is C18H16FNO5S. The minimum atomic E-state index is -0.832. The van der Waals surface area contributed by atoms with E-state index in [1.54, 1.807) is 12.1 Å². The highest BCUT2D eigenvalue weighted by Crippen LogP contribution is 2.41. The molecule has 0 N–H and O–H groups in total. The number of furan rings is 1. The molecule has 3 rings (SSSR count). The van der Waals surface area contributed by atoms with Gasteiger partial charge in [-0.2, -0.15) is 0 Å². The largest absolute Gasteiger partial charge is 0.466 e. The van der Waals surface area contributed by atoms with Gasteiger partial charge in [0.25, 0.3) is 0 Å². The number of amides is 1. The first-order valence-corrected chi connectivity index (χ1v) is 8.92. The minimum absolute atomic E-state index is 0.141. The summed E-state index contributed by atoms with van der Waals surface area (Å²) >= 11 is 1.37. The maximum atomic E-state index is 13.6. The van der Waals surface area contributed by atoms with Crippen LogP contribution in [0, 0.1) is 5.82 Å². The van der Waals surface area contributed by atoms with Gasteiger partial charge in [0.1, 0.15) is 23.0 Å². The summed E-state index contributed by atoms with van der Waals surface area (Å²) in [5.41, 5.74) is -0.141. The number of halogens is 1. The Hall–Kier alpha value is -2.61. The molecule has 1 amide bonds. The minimum Gasteiger partial charge on any atom is -0.466 e. The number of hydrogen-bond acceptors (Lipinski definition) is 6. The van der Waals surface area contributed by atoms with E-state index in [-0.39, 0.29) is 11.5 Å². The SMILES string of the molecule is CC(=O)N1[C@H](C(=O)OCC(=O)c2ccccc2F)CS[C@H]1c1ccco1. The van der Waals surface area contributed by atoms with Crippen LogP contribution in [0.5, 0.6) is 0 Å². The molecule has 2 aromatic rings. The van der Waals surface area contributed by atoms with Gasteiger partial charge in [0.05, 0.1) is 11.8 Å². The Kier molecular flexibility index (Phi) is 5.41. The summed E-state index contributed by atoms with van der Waals surface area (Å²) in [6.07, 6.45) is 1.49. The molecule has 0 spiro atoms. The van der Waals surface area contributed by atoms with E-state index in [9.17, 15) is 18.8 Å². The summed E-state index contributed by atoms with van der Waals surface area (Å²) in [6, 6.07) is 8.07. The van der Waals surface area contributed by atoms with Crippen LogP contribution in [-0.2, 0) is 14.3 Å². The summed E-state index contributed by atoms with van der Waals surface area (Å²) in [4.78, 5) is 37.8. The lowest BCUT2D eigenvalue weighted by molar-refractivity contribution is -0.152. The van der Waals surface area contributed by atoms with Crippen molar-refractivity contribution >= 4 is 29.4 Å². The lowest BCUT2D eigenvalue weighted by Crippen LogP contribution is -2.43. The highest BCUT2D eigenvalue weighted by Gasteiger charge is 2.43. The summed E-state index contributed by atoms with van der Waals surface area (Å²) in [5, 5.41) is -0.428. The Morgan fingerprint density at radius 1 is 1.27 bits per heavy atom. The van der Waals surface area contributed by atoms with E-state index in [0.717, 1.165) is 6.07 Å². The first-order valence-electron chi connectivity index (χ1n) is 7.87. The van der Waals surface area contributed by atoms with Crippen molar-refractivity contribution in [2.75, 3.05) is 12.4 Å². The fourth-order valence-corrected chi connectivity index (χ4v) is 4.14. The third-order valence-corrected chi connectivity index (χ3v) is 5.23. The van der Waals surface area contributed by atoms with Crippen molar-refractivity contribution in [1.82, 2.24) is 4.90 Å². The first kappa shape index (κ1) is 18.2. The van der Waals surface area contributed by atoms with Crippen molar-refractivity contribution in [2.45, 2.75) is 18.3 Å². The number of nitrogens with zero attached hydrogens (tertiary/aromatic N) is 1. The molecule has 2 atom stereocenters. The second-order valence-electron chi connectivity index (χ2n) is 5.65. The van der Waals surface area contributed by atoms with E-state index < -0.39 is 35.6 Å². The van der Waals surface area contributed by atoms with Crippen molar-refractivity contribution in [1.29, 1.82) is 0 Å². The van der Waals surface area contributed by atoms with Crippen LogP contribution in [0.15, 0.2) is 47.1 Å². The van der Waals surface area contributed by atoms with Gasteiger partial charge in [0.2, 0.25) is 11.7 Å². The summed E-state index contributed by atoms with van der Waals surface area (Å²) in [5.74, 6) is -1.45. The van der Waals surface area contributed by atoms with E-state index >= 15 is 0 Å². The van der Waals surface area contributed by atoms with Crippen LogP contribution in [0.25, 0.3) is 0 Å². The molecule has 0 aliphatic carbocycles. The number of ketones is 1. The zero-order valence-corrected chi connectivity index (χ0v) is 14.7. The Balaban J connectivity index is 1.66. The average molecular weight is 377 g/mol. The number of Topliss-reactive ketones (excluding diaryl/α,β-unsaturated/α-hetero) is 1. The number of carbonyl (C=O) groups is 3. The zero-order valence-electron chi connectivity index (χ0n) is 13.9. The molecule has 136 valence electrons. The van der Waals surface area contributed by atoms with E-state index in [4.69, 9.17) is 9.15 Å². The molecule has 8 heteroatoms. The number of rotatable bonds is 5. The normalized spacial score (nSPS) is 19.4. The number of benzene rings is 1. The quantitative estimate of drug-likeness (QED) is 0.589. The third-order valence-electron chi connectivity index (χ3n) is 3.94. The van der Waals surface area contributed by atoms with E-state index in [0.29, 0.717) is 11.5 Å². The zero-order chi connectivity index (χ0) is 18.7. The van der Waals surface area contributed by atoms with Gasteiger partial charge in [-0.3, -0.25) is 9.59 Å². The third kappa shape index (κ3) is 3.65. The summed E-state index contributed by atoms with van der Waals surface area (Å²) in [6.45, 7) is 0.769. The van der Waals surface area contributed by atoms with Crippen LogP contribution >= 0.6 is 11.8 Å². The molecular weight excluding hydrogens is 361 g/mol. The highest BCUT2D eigenvalue weighted by molar-refractivity contribution is 7.99. The Labute approximate surface area is 153 Å². The fourth-order valence-electron chi connectivity index (χ4n) is 2.72. The molecule has 1 fully saturated rings. The topological polar surface area (TPSA) is 76.8 Å². The van der Waals surface area contributed by atoms with Crippen LogP contribution in [0.1, 0.15) is 28.4 Å². The fraction of sp³-hybridized carbons (Fsp3) is 0.278. The summed E-state index contributed by atoms with van der Waals surface area (Å²) in [7, 11) is 0. The lowest BCUT2D eigenvalue weighted by atomic mass is 10.1. The van der Waals surface area contributed by atoms with Gasteiger partial charge in [-0.1, -0.05) is 12.1 Å². The molecule has 1 saturated heterocycles. The predicted molar refractivity (Wildman–Crippen MR) is 91.9 cm³/mol. The predicted octanol–water partition coefficient (Wildman–Crippen LogP) is 2.81. The molecule has 0 saturated carbocycles. The number of esters is 1. The monoisotopic (exact) mass is 377 g/mol. The maximum absolute atomic E-state index is 13.6. The van der Waals surface area contributed by atoms with Gasteiger partial charge in [0.15, 0.2) is 6.61 Å². The lowest BCUT2D eigenvalue weighted by Gasteiger charge is -2.25. The molecule has 1 aromatic carbocycles. The van der Waals surface area contributed by atoms with Gasteiger partial charge < -0.3 is 14.1 Å². The molecule has 0 radical (unpaired) electrons. The molecule has 1 aliphatic heterocycles. The summed E-state index contributed by atoms with van der Waals surface area (Å²) < 4.78 is 24.0. The van der Waals surface area contributed by atoms with Gasteiger partial charge in [-0.05, 0) is 24.3 Å². The molecule has 2 heterocycles. The molecule has 1 aromatic heterocycles. The Morgan fingerprint density at radius 2 is 2.04 bits per heavy atom. The maximum Gasteiger partial charge on any atom is 0.330 e. The van der Waals surface area contributed by atoms with Crippen molar-refractivity contribution in [3.8, 4) is 0 Å².